The summed E-state index contributed by atoms with van der Waals surface area (Å²) in [5.41, 5.74) is 1.96. The van der Waals surface area contributed by atoms with Gasteiger partial charge in [0.2, 0.25) is 5.91 Å². The minimum absolute atomic E-state index is 0.0304. The topological polar surface area (TPSA) is 87.7 Å². The standard InChI is InChI=1S/C15H17N3O4/c1-22-13(19)8-16-14(20)9-4-5-11-10(7-9)17-15(21)12-3-2-6-18(11)12/h4-5,7,12H,2-3,6,8H2,1H3,(H,16,20)(H,17,21)/t12-/m1/s1. The molecule has 7 nitrogen and oxygen atoms in total. The lowest BCUT2D eigenvalue weighted by Crippen LogP contribution is -2.44. The van der Waals surface area contributed by atoms with Crippen LogP contribution in [0.15, 0.2) is 18.2 Å². The number of esters is 1. The maximum atomic E-state index is 12.1. The summed E-state index contributed by atoms with van der Waals surface area (Å²) in [6.07, 6.45) is 1.84. The molecule has 1 atom stereocenters. The fraction of sp³-hybridized carbons (Fsp3) is 0.400. The molecule has 0 radical (unpaired) electrons. The summed E-state index contributed by atoms with van der Waals surface area (Å²) in [6.45, 7) is 0.659. The molecule has 2 N–H and O–H groups in total. The average molecular weight is 303 g/mol. The van der Waals surface area contributed by atoms with Crippen LogP contribution in [0.2, 0.25) is 0 Å². The predicted molar refractivity (Wildman–Crippen MR) is 79.8 cm³/mol. The third kappa shape index (κ3) is 2.49. The molecule has 0 aliphatic carbocycles. The van der Waals surface area contributed by atoms with E-state index < -0.39 is 5.97 Å². The number of benzene rings is 1. The summed E-state index contributed by atoms with van der Waals surface area (Å²) in [5.74, 6) is -0.928. The first-order valence-corrected chi connectivity index (χ1v) is 7.16. The third-order valence-electron chi connectivity index (χ3n) is 4.00. The number of carbonyl (C=O) groups is 3. The summed E-state index contributed by atoms with van der Waals surface area (Å²) >= 11 is 0. The first kappa shape index (κ1) is 14.4. The molecule has 2 aliphatic rings. The number of hydrogen-bond acceptors (Lipinski definition) is 5. The van der Waals surface area contributed by atoms with Crippen LogP contribution in [-0.4, -0.2) is 44.0 Å². The van der Waals surface area contributed by atoms with Crippen LogP contribution in [0, 0.1) is 0 Å². The molecular weight excluding hydrogens is 286 g/mol. The molecular formula is C15H17N3O4. The van der Waals surface area contributed by atoms with Gasteiger partial charge in [0.05, 0.1) is 18.5 Å². The van der Waals surface area contributed by atoms with Crippen LogP contribution >= 0.6 is 0 Å². The molecule has 0 aromatic heterocycles. The van der Waals surface area contributed by atoms with Crippen molar-refractivity contribution >= 4 is 29.2 Å². The monoisotopic (exact) mass is 303 g/mol. The predicted octanol–water partition coefficient (Wildman–Crippen LogP) is 0.510. The Morgan fingerprint density at radius 2 is 2.27 bits per heavy atom. The molecule has 3 rings (SSSR count). The van der Waals surface area contributed by atoms with E-state index in [4.69, 9.17) is 0 Å². The van der Waals surface area contributed by atoms with Gasteiger partial charge in [0.1, 0.15) is 12.6 Å². The zero-order valence-electron chi connectivity index (χ0n) is 12.2. The lowest BCUT2D eigenvalue weighted by atomic mass is 10.1. The van der Waals surface area contributed by atoms with E-state index in [0.717, 1.165) is 25.1 Å². The number of ether oxygens (including phenoxy) is 1. The van der Waals surface area contributed by atoms with Gasteiger partial charge in [0, 0.05) is 12.1 Å². The number of amides is 2. The Bertz CT molecular complexity index is 644. The number of carbonyl (C=O) groups excluding carboxylic acids is 3. The van der Waals surface area contributed by atoms with Gasteiger partial charge in [-0.3, -0.25) is 14.4 Å². The first-order valence-electron chi connectivity index (χ1n) is 7.16. The van der Waals surface area contributed by atoms with Crippen molar-refractivity contribution in [2.75, 3.05) is 30.4 Å². The summed E-state index contributed by atoms with van der Waals surface area (Å²) in [7, 11) is 1.26. The van der Waals surface area contributed by atoms with Gasteiger partial charge in [-0.05, 0) is 31.0 Å². The second-order valence-electron chi connectivity index (χ2n) is 5.33. The lowest BCUT2D eigenvalue weighted by molar-refractivity contribution is -0.139. The van der Waals surface area contributed by atoms with Crippen LogP contribution in [0.5, 0.6) is 0 Å². The number of nitrogens with zero attached hydrogens (tertiary/aromatic N) is 1. The van der Waals surface area contributed by atoms with E-state index in [0.29, 0.717) is 11.3 Å². The number of methoxy groups -OCH3 is 1. The highest BCUT2D eigenvalue weighted by molar-refractivity contribution is 6.06. The zero-order valence-corrected chi connectivity index (χ0v) is 12.2. The van der Waals surface area contributed by atoms with Crippen molar-refractivity contribution in [2.45, 2.75) is 18.9 Å². The number of fused-ring (bicyclic) bond motifs is 3. The third-order valence-corrected chi connectivity index (χ3v) is 4.00. The normalized spacial score (nSPS) is 19.0. The van der Waals surface area contributed by atoms with Gasteiger partial charge in [-0.15, -0.1) is 0 Å². The van der Waals surface area contributed by atoms with Crippen LogP contribution < -0.4 is 15.5 Å². The maximum Gasteiger partial charge on any atom is 0.325 e. The summed E-state index contributed by atoms with van der Waals surface area (Å²) in [5, 5.41) is 5.32. The maximum absolute atomic E-state index is 12.1. The Balaban J connectivity index is 1.79. The van der Waals surface area contributed by atoms with Gasteiger partial charge in [0.25, 0.3) is 5.91 Å². The van der Waals surface area contributed by atoms with E-state index in [-0.39, 0.29) is 24.4 Å². The highest BCUT2D eigenvalue weighted by Gasteiger charge is 2.36. The number of hydrogen-bond donors (Lipinski definition) is 2. The van der Waals surface area contributed by atoms with Crippen LogP contribution in [0.25, 0.3) is 0 Å². The summed E-state index contributed by atoms with van der Waals surface area (Å²) in [6, 6.07) is 5.05. The molecule has 7 heteroatoms. The summed E-state index contributed by atoms with van der Waals surface area (Å²) < 4.78 is 4.47. The fourth-order valence-corrected chi connectivity index (χ4v) is 2.90. The van der Waals surface area contributed by atoms with Crippen molar-refractivity contribution in [3.63, 3.8) is 0 Å². The van der Waals surface area contributed by atoms with E-state index >= 15 is 0 Å². The van der Waals surface area contributed by atoms with E-state index in [9.17, 15) is 14.4 Å². The Hall–Kier alpha value is -2.57. The smallest absolute Gasteiger partial charge is 0.325 e. The first-order chi connectivity index (χ1) is 10.6. The Morgan fingerprint density at radius 3 is 3.05 bits per heavy atom. The van der Waals surface area contributed by atoms with Crippen LogP contribution in [0.4, 0.5) is 11.4 Å². The highest BCUT2D eigenvalue weighted by Crippen LogP contribution is 2.37. The van der Waals surface area contributed by atoms with Crippen molar-refractivity contribution in [1.82, 2.24) is 5.32 Å². The largest absolute Gasteiger partial charge is 0.468 e. The van der Waals surface area contributed by atoms with Gasteiger partial charge in [-0.25, -0.2) is 0 Å². The molecule has 22 heavy (non-hydrogen) atoms. The van der Waals surface area contributed by atoms with E-state index in [1.165, 1.54) is 7.11 Å². The van der Waals surface area contributed by atoms with Crippen molar-refractivity contribution in [3.8, 4) is 0 Å². The van der Waals surface area contributed by atoms with Gasteiger partial charge in [-0.2, -0.15) is 0 Å². The minimum atomic E-state index is -0.514. The van der Waals surface area contributed by atoms with Gasteiger partial charge in [0.15, 0.2) is 0 Å². The van der Waals surface area contributed by atoms with Gasteiger partial charge in [-0.1, -0.05) is 0 Å². The minimum Gasteiger partial charge on any atom is -0.468 e. The Morgan fingerprint density at radius 1 is 1.45 bits per heavy atom. The van der Waals surface area contributed by atoms with Gasteiger partial charge >= 0.3 is 5.97 Å². The molecule has 1 aromatic rings. The SMILES string of the molecule is COC(=O)CNC(=O)c1ccc2c(c1)NC(=O)[C@H]1CCCN21. The quantitative estimate of drug-likeness (QED) is 0.794. The Labute approximate surface area is 127 Å². The molecule has 1 aromatic carbocycles. The second-order valence-corrected chi connectivity index (χ2v) is 5.33. The number of nitrogens with one attached hydrogen (secondary N) is 2. The zero-order chi connectivity index (χ0) is 15.7. The molecule has 0 saturated carbocycles. The van der Waals surface area contributed by atoms with Crippen molar-refractivity contribution < 1.29 is 19.1 Å². The van der Waals surface area contributed by atoms with E-state index in [1.54, 1.807) is 12.1 Å². The van der Waals surface area contributed by atoms with Crippen molar-refractivity contribution in [1.29, 1.82) is 0 Å². The second kappa shape index (κ2) is 5.67. The molecule has 0 bridgehead atoms. The Kier molecular flexibility index (Phi) is 3.70. The number of anilines is 2. The molecule has 116 valence electrons. The molecule has 0 unspecified atom stereocenters. The number of rotatable bonds is 3. The van der Waals surface area contributed by atoms with E-state index in [2.05, 4.69) is 20.3 Å². The van der Waals surface area contributed by atoms with Crippen LogP contribution in [0.1, 0.15) is 23.2 Å². The van der Waals surface area contributed by atoms with E-state index in [1.807, 2.05) is 6.07 Å². The van der Waals surface area contributed by atoms with Crippen LogP contribution in [-0.2, 0) is 14.3 Å². The molecule has 1 saturated heterocycles. The fourth-order valence-electron chi connectivity index (χ4n) is 2.90. The van der Waals surface area contributed by atoms with Crippen LogP contribution in [0.3, 0.4) is 0 Å². The molecule has 1 fully saturated rings. The highest BCUT2D eigenvalue weighted by atomic mass is 16.5. The molecule has 2 amide bonds. The summed E-state index contributed by atoms with van der Waals surface area (Å²) in [4.78, 5) is 37.2. The van der Waals surface area contributed by atoms with Crippen molar-refractivity contribution in [2.24, 2.45) is 0 Å². The molecule has 2 aliphatic heterocycles. The lowest BCUT2D eigenvalue weighted by Gasteiger charge is -2.33. The van der Waals surface area contributed by atoms with Gasteiger partial charge < -0.3 is 20.3 Å². The molecule has 2 heterocycles. The van der Waals surface area contributed by atoms with Crippen molar-refractivity contribution in [3.05, 3.63) is 23.8 Å². The average Bonchev–Trinajstić information content (AvgIpc) is 3.02. The molecule has 0 spiro atoms.